The van der Waals surface area contributed by atoms with Crippen LogP contribution in [0.4, 0.5) is 5.95 Å². The number of nitrogens with one attached hydrogen (secondary N) is 1. The summed E-state index contributed by atoms with van der Waals surface area (Å²) < 4.78 is 23.8. The highest BCUT2D eigenvalue weighted by Crippen LogP contribution is 2.45. The van der Waals surface area contributed by atoms with Crippen molar-refractivity contribution in [2.24, 2.45) is 0 Å². The topological polar surface area (TPSA) is 96.7 Å². The largest absolute Gasteiger partial charge is 0.493 e. The Labute approximate surface area is 197 Å². The maximum absolute atomic E-state index is 13.1. The molecular formula is C25H26N4O5. The van der Waals surface area contributed by atoms with Crippen LogP contribution in [0.5, 0.6) is 23.0 Å². The van der Waals surface area contributed by atoms with E-state index < -0.39 is 6.04 Å². The van der Waals surface area contributed by atoms with Crippen LogP contribution in [0, 0.1) is 0 Å². The summed E-state index contributed by atoms with van der Waals surface area (Å²) >= 11 is 0. The fraction of sp³-hybridized carbons (Fsp3) is 0.320. The van der Waals surface area contributed by atoms with E-state index in [1.807, 2.05) is 36.4 Å². The van der Waals surface area contributed by atoms with Gasteiger partial charge < -0.3 is 24.3 Å². The van der Waals surface area contributed by atoms with Crippen LogP contribution in [0.2, 0.25) is 0 Å². The van der Waals surface area contributed by atoms with Gasteiger partial charge in [-0.3, -0.25) is 4.79 Å². The van der Waals surface area contributed by atoms with Crippen molar-refractivity contribution in [1.29, 1.82) is 0 Å². The molecule has 1 aromatic heterocycles. The summed E-state index contributed by atoms with van der Waals surface area (Å²) in [4.78, 5) is 17.9. The van der Waals surface area contributed by atoms with E-state index in [-0.39, 0.29) is 5.78 Å². The molecule has 2 heterocycles. The first kappa shape index (κ1) is 21.8. The molecule has 2 aromatic carbocycles. The number of hydrogen-bond acceptors (Lipinski definition) is 8. The highest BCUT2D eigenvalue weighted by atomic mass is 16.5. The molecule has 3 aromatic rings. The Bertz CT molecular complexity index is 1300. The van der Waals surface area contributed by atoms with Gasteiger partial charge in [0.2, 0.25) is 5.95 Å². The van der Waals surface area contributed by atoms with Crippen LogP contribution in [-0.2, 0) is 4.79 Å². The standard InChI is InChI=1S/C25H26N4O5/c1-31-18-12-11-14(13-20(18)33-3)24-27-25-26-16-8-6-9-17(30)21(16)22(29(25)28-24)15-7-5-10-19(32-2)23(15)34-4/h5,7,10-13,22H,6,8-9H2,1-4H3,(H,26,27,28)/t22-/m1/s1. The molecular weight excluding hydrogens is 436 g/mol. The van der Waals surface area contributed by atoms with E-state index in [2.05, 4.69) is 5.32 Å². The van der Waals surface area contributed by atoms with E-state index in [1.54, 1.807) is 33.1 Å². The molecule has 0 amide bonds. The van der Waals surface area contributed by atoms with E-state index in [0.29, 0.717) is 46.8 Å². The molecule has 0 bridgehead atoms. The molecule has 1 aliphatic heterocycles. The lowest BCUT2D eigenvalue weighted by molar-refractivity contribution is -0.116. The first-order chi connectivity index (χ1) is 16.6. The third kappa shape index (κ3) is 3.44. The molecule has 0 unspecified atom stereocenters. The molecule has 0 saturated heterocycles. The normalized spacial score (nSPS) is 16.9. The second kappa shape index (κ2) is 8.74. The van der Waals surface area contributed by atoms with Gasteiger partial charge >= 0.3 is 0 Å². The van der Waals surface area contributed by atoms with Crippen molar-refractivity contribution < 1.29 is 23.7 Å². The van der Waals surface area contributed by atoms with E-state index >= 15 is 0 Å². The van der Waals surface area contributed by atoms with Gasteiger partial charge in [0.15, 0.2) is 34.6 Å². The second-order valence-corrected chi connectivity index (χ2v) is 8.05. The zero-order valence-corrected chi connectivity index (χ0v) is 19.5. The third-order valence-electron chi connectivity index (χ3n) is 6.24. The van der Waals surface area contributed by atoms with Gasteiger partial charge in [-0.05, 0) is 37.1 Å². The Morgan fingerprint density at radius 1 is 0.941 bits per heavy atom. The fourth-order valence-electron chi connectivity index (χ4n) is 4.67. The molecule has 0 spiro atoms. The third-order valence-corrected chi connectivity index (χ3v) is 6.24. The molecule has 176 valence electrons. The van der Waals surface area contributed by atoms with Crippen molar-refractivity contribution in [1.82, 2.24) is 14.8 Å². The molecule has 1 N–H and O–H groups in total. The highest BCUT2D eigenvalue weighted by molar-refractivity contribution is 5.99. The Kier molecular flexibility index (Phi) is 5.61. The van der Waals surface area contributed by atoms with Gasteiger partial charge in [-0.1, -0.05) is 12.1 Å². The number of anilines is 1. The molecule has 1 aliphatic carbocycles. The van der Waals surface area contributed by atoms with E-state index in [1.165, 1.54) is 0 Å². The summed E-state index contributed by atoms with van der Waals surface area (Å²) in [7, 11) is 6.37. The number of ether oxygens (including phenoxy) is 4. The van der Waals surface area contributed by atoms with E-state index in [0.717, 1.165) is 29.7 Å². The van der Waals surface area contributed by atoms with Gasteiger partial charge in [0.05, 0.1) is 28.4 Å². The minimum absolute atomic E-state index is 0.0949. The predicted octanol–water partition coefficient (Wildman–Crippen LogP) is 4.00. The maximum Gasteiger partial charge on any atom is 0.226 e. The average Bonchev–Trinajstić information content (AvgIpc) is 3.30. The van der Waals surface area contributed by atoms with Crippen molar-refractivity contribution in [2.75, 3.05) is 33.8 Å². The monoisotopic (exact) mass is 462 g/mol. The first-order valence-electron chi connectivity index (χ1n) is 11.0. The number of allylic oxidation sites excluding steroid dienone is 2. The van der Waals surface area contributed by atoms with Crippen molar-refractivity contribution in [3.8, 4) is 34.4 Å². The van der Waals surface area contributed by atoms with Crippen LogP contribution in [0.3, 0.4) is 0 Å². The van der Waals surface area contributed by atoms with Crippen molar-refractivity contribution in [2.45, 2.75) is 25.3 Å². The lowest BCUT2D eigenvalue weighted by Gasteiger charge is -2.32. The second-order valence-electron chi connectivity index (χ2n) is 8.05. The van der Waals surface area contributed by atoms with Crippen LogP contribution >= 0.6 is 0 Å². The van der Waals surface area contributed by atoms with Gasteiger partial charge in [0.1, 0.15) is 6.04 Å². The van der Waals surface area contributed by atoms with Gasteiger partial charge in [-0.2, -0.15) is 4.98 Å². The quantitative estimate of drug-likeness (QED) is 0.587. The van der Waals surface area contributed by atoms with Crippen LogP contribution < -0.4 is 24.3 Å². The number of carbonyl (C=O) groups is 1. The van der Waals surface area contributed by atoms with Gasteiger partial charge in [-0.15, -0.1) is 5.10 Å². The lowest BCUT2D eigenvalue weighted by atomic mass is 9.85. The van der Waals surface area contributed by atoms with Crippen molar-refractivity contribution in [3.05, 3.63) is 53.2 Å². The lowest BCUT2D eigenvalue weighted by Crippen LogP contribution is -2.31. The zero-order chi connectivity index (χ0) is 23.8. The predicted molar refractivity (Wildman–Crippen MR) is 126 cm³/mol. The molecule has 0 saturated carbocycles. The molecule has 0 radical (unpaired) electrons. The Hall–Kier alpha value is -4.01. The number of nitrogens with zero attached hydrogens (tertiary/aromatic N) is 3. The number of aromatic nitrogens is 3. The Morgan fingerprint density at radius 3 is 2.47 bits per heavy atom. The number of benzene rings is 2. The molecule has 1 atom stereocenters. The Morgan fingerprint density at radius 2 is 1.74 bits per heavy atom. The van der Waals surface area contributed by atoms with Crippen molar-refractivity contribution >= 4 is 11.7 Å². The van der Waals surface area contributed by atoms with Crippen LogP contribution in [-0.4, -0.2) is 49.0 Å². The summed E-state index contributed by atoms with van der Waals surface area (Å²) in [6, 6.07) is 10.7. The van der Waals surface area contributed by atoms with Gasteiger partial charge in [0, 0.05) is 28.8 Å². The molecule has 34 heavy (non-hydrogen) atoms. The first-order valence-corrected chi connectivity index (χ1v) is 11.0. The summed E-state index contributed by atoms with van der Waals surface area (Å²) in [5.41, 5.74) is 3.12. The highest BCUT2D eigenvalue weighted by Gasteiger charge is 2.38. The molecule has 9 heteroatoms. The minimum atomic E-state index is -0.495. The molecule has 2 aliphatic rings. The number of Topliss-reactive ketones (excluding diaryl/α,β-unsaturated/α-hetero) is 1. The van der Waals surface area contributed by atoms with E-state index in [4.69, 9.17) is 29.0 Å². The SMILES string of the molecule is COc1ccc(-c2nc3n(n2)[C@H](c2cccc(OC)c2OC)C2=C(CCCC2=O)N3)cc1OC. The molecule has 0 fully saturated rings. The number of rotatable bonds is 6. The smallest absolute Gasteiger partial charge is 0.226 e. The average molecular weight is 463 g/mol. The molecule has 9 nitrogen and oxygen atoms in total. The summed E-state index contributed by atoms with van der Waals surface area (Å²) in [6.45, 7) is 0. The minimum Gasteiger partial charge on any atom is -0.493 e. The number of methoxy groups -OCH3 is 4. The fourth-order valence-corrected chi connectivity index (χ4v) is 4.67. The number of para-hydroxylation sites is 1. The van der Waals surface area contributed by atoms with Crippen LogP contribution in [0.25, 0.3) is 11.4 Å². The van der Waals surface area contributed by atoms with Crippen molar-refractivity contribution in [3.63, 3.8) is 0 Å². The Balaban J connectivity index is 1.69. The number of ketones is 1. The van der Waals surface area contributed by atoms with Gasteiger partial charge in [-0.25, -0.2) is 4.68 Å². The van der Waals surface area contributed by atoms with Crippen LogP contribution in [0.15, 0.2) is 47.7 Å². The number of fused-ring (bicyclic) bond motifs is 1. The van der Waals surface area contributed by atoms with Gasteiger partial charge in [0.25, 0.3) is 0 Å². The molecule has 5 rings (SSSR count). The summed E-state index contributed by atoms with van der Waals surface area (Å²) in [5, 5.41) is 8.19. The maximum atomic E-state index is 13.1. The number of hydrogen-bond donors (Lipinski definition) is 1. The van der Waals surface area contributed by atoms with E-state index in [9.17, 15) is 4.79 Å². The van der Waals surface area contributed by atoms with Crippen LogP contribution in [0.1, 0.15) is 30.9 Å². The summed E-state index contributed by atoms with van der Waals surface area (Å²) in [5.74, 6) is 3.52. The number of carbonyl (C=O) groups excluding carboxylic acids is 1. The summed E-state index contributed by atoms with van der Waals surface area (Å²) in [6.07, 6.45) is 2.06. The zero-order valence-electron chi connectivity index (χ0n) is 19.5.